The van der Waals surface area contributed by atoms with Crippen molar-refractivity contribution in [3.8, 4) is 0 Å². The van der Waals surface area contributed by atoms with Crippen LogP contribution >= 0.6 is 15.9 Å². The van der Waals surface area contributed by atoms with Crippen molar-refractivity contribution in [3.63, 3.8) is 0 Å². The average molecular weight is 287 g/mol. The van der Waals surface area contributed by atoms with E-state index < -0.39 is 5.82 Å². The minimum atomic E-state index is -0.472. The third-order valence-electron chi connectivity index (χ3n) is 2.53. The van der Waals surface area contributed by atoms with Gasteiger partial charge < -0.3 is 4.90 Å². The molecule has 1 aliphatic rings. The molecule has 0 aromatic carbocycles. The normalized spacial score (nSPS) is 14.9. The van der Waals surface area contributed by atoms with Gasteiger partial charge in [-0.15, -0.1) is 0 Å². The molecule has 1 fully saturated rings. The van der Waals surface area contributed by atoms with E-state index in [9.17, 15) is 9.18 Å². The summed E-state index contributed by atoms with van der Waals surface area (Å²) in [6.07, 6.45) is 4.60. The Morgan fingerprint density at radius 2 is 2.31 bits per heavy atom. The van der Waals surface area contributed by atoms with Gasteiger partial charge in [0, 0.05) is 24.1 Å². The zero-order chi connectivity index (χ0) is 11.5. The lowest BCUT2D eigenvalue weighted by Crippen LogP contribution is -2.34. The van der Waals surface area contributed by atoms with Crippen LogP contribution in [-0.4, -0.2) is 33.7 Å². The van der Waals surface area contributed by atoms with Gasteiger partial charge in [0.1, 0.15) is 5.82 Å². The fourth-order valence-corrected chi connectivity index (χ4v) is 2.00. The Bertz CT molecular complexity index is 395. The van der Waals surface area contributed by atoms with E-state index in [0.717, 1.165) is 24.4 Å². The number of carbonyl (C=O) groups excluding carboxylic acids is 1. The van der Waals surface area contributed by atoms with Gasteiger partial charge in [0.05, 0.1) is 11.8 Å². The number of carbonyl (C=O) groups is 1. The summed E-state index contributed by atoms with van der Waals surface area (Å²) >= 11 is 3.32. The highest BCUT2D eigenvalue weighted by molar-refractivity contribution is 9.09. The van der Waals surface area contributed by atoms with Crippen molar-refractivity contribution in [1.29, 1.82) is 0 Å². The first-order chi connectivity index (χ1) is 7.72. The maximum Gasteiger partial charge on any atom is 0.255 e. The fourth-order valence-electron chi connectivity index (χ4n) is 1.62. The molecule has 0 unspecified atom stereocenters. The second-order valence-corrected chi connectivity index (χ2v) is 4.60. The maximum atomic E-state index is 13.0. The van der Waals surface area contributed by atoms with E-state index >= 15 is 0 Å². The molecule has 16 heavy (non-hydrogen) atoms. The molecule has 0 spiro atoms. The second kappa shape index (κ2) is 4.91. The van der Waals surface area contributed by atoms with Crippen LogP contribution in [0, 0.1) is 5.82 Å². The Hall–Kier alpha value is -0.970. The lowest BCUT2D eigenvalue weighted by molar-refractivity contribution is 0.0753. The number of pyridine rings is 1. The molecule has 1 aliphatic carbocycles. The molecular formula is C11H12BrFN2O. The van der Waals surface area contributed by atoms with Crippen LogP contribution in [0.5, 0.6) is 0 Å². The summed E-state index contributed by atoms with van der Waals surface area (Å²) in [5.74, 6) is -0.602. The minimum Gasteiger partial charge on any atom is -0.335 e. The summed E-state index contributed by atoms with van der Waals surface area (Å²) in [6.45, 7) is 0.653. The van der Waals surface area contributed by atoms with Crippen LogP contribution in [0.1, 0.15) is 23.2 Å². The van der Waals surface area contributed by atoms with Gasteiger partial charge in [-0.3, -0.25) is 9.78 Å². The SMILES string of the molecule is O=C(c1cncc(F)c1)N(CCBr)C1CC1. The molecule has 5 heteroatoms. The molecule has 0 radical (unpaired) electrons. The van der Waals surface area contributed by atoms with E-state index in [0.29, 0.717) is 18.2 Å². The number of aromatic nitrogens is 1. The number of hydrogen-bond acceptors (Lipinski definition) is 2. The van der Waals surface area contributed by atoms with Crippen molar-refractivity contribution in [3.05, 3.63) is 29.8 Å². The monoisotopic (exact) mass is 286 g/mol. The molecule has 0 N–H and O–H groups in total. The highest BCUT2D eigenvalue weighted by atomic mass is 79.9. The third-order valence-corrected chi connectivity index (χ3v) is 2.88. The Kier molecular flexibility index (Phi) is 3.53. The van der Waals surface area contributed by atoms with Gasteiger partial charge in [-0.25, -0.2) is 4.39 Å². The van der Waals surface area contributed by atoms with Crippen LogP contribution in [-0.2, 0) is 0 Å². The average Bonchev–Trinajstić information content (AvgIpc) is 3.09. The Morgan fingerprint density at radius 3 is 2.88 bits per heavy atom. The van der Waals surface area contributed by atoms with Crippen molar-refractivity contribution < 1.29 is 9.18 Å². The van der Waals surface area contributed by atoms with Crippen LogP contribution in [0.25, 0.3) is 0 Å². The summed E-state index contributed by atoms with van der Waals surface area (Å²) in [4.78, 5) is 17.5. The molecule has 1 amide bonds. The van der Waals surface area contributed by atoms with E-state index in [1.165, 1.54) is 12.3 Å². The smallest absolute Gasteiger partial charge is 0.255 e. The van der Waals surface area contributed by atoms with Crippen LogP contribution in [0.4, 0.5) is 4.39 Å². The standard InChI is InChI=1S/C11H12BrFN2O/c12-3-4-15(10-1-2-10)11(16)8-5-9(13)7-14-6-8/h5-7,10H,1-4H2. The molecule has 2 rings (SSSR count). The van der Waals surface area contributed by atoms with Crippen molar-refractivity contribution >= 4 is 21.8 Å². The van der Waals surface area contributed by atoms with Crippen molar-refractivity contribution in [2.45, 2.75) is 18.9 Å². The van der Waals surface area contributed by atoms with Gasteiger partial charge in [-0.1, -0.05) is 15.9 Å². The summed E-state index contributed by atoms with van der Waals surface area (Å²) in [5.41, 5.74) is 0.327. The lowest BCUT2D eigenvalue weighted by atomic mass is 10.2. The molecule has 1 heterocycles. The summed E-state index contributed by atoms with van der Waals surface area (Å²) in [5, 5.41) is 0.734. The van der Waals surface area contributed by atoms with E-state index in [1.54, 1.807) is 4.90 Å². The lowest BCUT2D eigenvalue weighted by Gasteiger charge is -2.21. The number of hydrogen-bond donors (Lipinski definition) is 0. The molecule has 1 aromatic rings. The quantitative estimate of drug-likeness (QED) is 0.796. The van der Waals surface area contributed by atoms with Gasteiger partial charge >= 0.3 is 0 Å². The number of halogens is 2. The fraction of sp³-hybridized carbons (Fsp3) is 0.455. The van der Waals surface area contributed by atoms with E-state index in [1.807, 2.05) is 0 Å². The summed E-state index contributed by atoms with van der Waals surface area (Å²) in [6, 6.07) is 1.56. The molecule has 0 bridgehead atoms. The third kappa shape index (κ3) is 2.58. The summed E-state index contributed by atoms with van der Waals surface area (Å²) in [7, 11) is 0. The van der Waals surface area contributed by atoms with Crippen molar-refractivity contribution in [2.75, 3.05) is 11.9 Å². The predicted molar refractivity (Wildman–Crippen MR) is 62.0 cm³/mol. The topological polar surface area (TPSA) is 33.2 Å². The zero-order valence-corrected chi connectivity index (χ0v) is 10.3. The number of rotatable bonds is 4. The van der Waals surface area contributed by atoms with E-state index in [-0.39, 0.29) is 5.91 Å². The summed E-state index contributed by atoms with van der Waals surface area (Å²) < 4.78 is 13.0. The van der Waals surface area contributed by atoms with Crippen LogP contribution < -0.4 is 0 Å². The molecule has 1 saturated carbocycles. The second-order valence-electron chi connectivity index (χ2n) is 3.81. The van der Waals surface area contributed by atoms with Crippen LogP contribution in [0.3, 0.4) is 0 Å². The Morgan fingerprint density at radius 1 is 1.56 bits per heavy atom. The van der Waals surface area contributed by atoms with Gasteiger partial charge in [-0.05, 0) is 18.9 Å². The number of nitrogens with zero attached hydrogens (tertiary/aromatic N) is 2. The van der Waals surface area contributed by atoms with Crippen molar-refractivity contribution in [2.24, 2.45) is 0 Å². The van der Waals surface area contributed by atoms with Gasteiger partial charge in [0.2, 0.25) is 0 Å². The largest absolute Gasteiger partial charge is 0.335 e. The van der Waals surface area contributed by atoms with E-state index in [2.05, 4.69) is 20.9 Å². The van der Waals surface area contributed by atoms with Gasteiger partial charge in [0.25, 0.3) is 5.91 Å². The predicted octanol–water partition coefficient (Wildman–Crippen LogP) is 2.22. The molecule has 86 valence electrons. The van der Waals surface area contributed by atoms with Gasteiger partial charge in [0.15, 0.2) is 0 Å². The Balaban J connectivity index is 2.15. The van der Waals surface area contributed by atoms with Gasteiger partial charge in [-0.2, -0.15) is 0 Å². The highest BCUT2D eigenvalue weighted by Crippen LogP contribution is 2.28. The zero-order valence-electron chi connectivity index (χ0n) is 8.70. The first-order valence-electron chi connectivity index (χ1n) is 5.20. The molecule has 0 atom stereocenters. The van der Waals surface area contributed by atoms with E-state index in [4.69, 9.17) is 0 Å². The number of alkyl halides is 1. The molecule has 0 aliphatic heterocycles. The van der Waals surface area contributed by atoms with Crippen molar-refractivity contribution in [1.82, 2.24) is 9.88 Å². The Labute approximate surface area is 102 Å². The first kappa shape index (κ1) is 11.5. The molecular weight excluding hydrogens is 275 g/mol. The number of amides is 1. The minimum absolute atomic E-state index is 0.131. The first-order valence-corrected chi connectivity index (χ1v) is 6.32. The molecule has 1 aromatic heterocycles. The molecule has 3 nitrogen and oxygen atoms in total. The maximum absolute atomic E-state index is 13.0. The molecule has 0 saturated heterocycles. The van der Waals surface area contributed by atoms with Crippen LogP contribution in [0.2, 0.25) is 0 Å². The van der Waals surface area contributed by atoms with Crippen LogP contribution in [0.15, 0.2) is 18.5 Å². The highest BCUT2D eigenvalue weighted by Gasteiger charge is 2.32.